The molecule has 4 nitrogen and oxygen atoms in total. The molecule has 0 radical (unpaired) electrons. The minimum absolute atomic E-state index is 0.0254. The van der Waals surface area contributed by atoms with E-state index in [0.717, 1.165) is 25.7 Å². The van der Waals surface area contributed by atoms with Crippen molar-refractivity contribution in [3.8, 4) is 0 Å². The van der Waals surface area contributed by atoms with Crippen molar-refractivity contribution in [2.45, 2.75) is 68.8 Å². The Balaban J connectivity index is 1.92. The summed E-state index contributed by atoms with van der Waals surface area (Å²) in [4.78, 5) is 11.1. The number of carboxylic acids is 1. The lowest BCUT2D eigenvalue weighted by atomic mass is 9.98. The van der Waals surface area contributed by atoms with Crippen LogP contribution in [-0.2, 0) is 20.3 Å². The zero-order valence-electron chi connectivity index (χ0n) is 11.1. The van der Waals surface area contributed by atoms with Crippen LogP contribution in [0, 0.1) is 0 Å². The van der Waals surface area contributed by atoms with Gasteiger partial charge in [-0.1, -0.05) is 12.8 Å². The van der Waals surface area contributed by atoms with E-state index in [1.807, 2.05) is 0 Å². The van der Waals surface area contributed by atoms with Gasteiger partial charge in [-0.05, 0) is 39.5 Å². The summed E-state index contributed by atoms with van der Waals surface area (Å²) in [6.07, 6.45) is 6.59. The SMILES string of the molecule is CC(C)(C(=O)O)S(=O)CC1CCC2(CCCC2)O1. The Morgan fingerprint density at radius 3 is 2.56 bits per heavy atom. The Bertz CT molecular complexity index is 358. The molecule has 0 aromatic rings. The number of carboxylic acid groups (broad SMARTS) is 1. The molecule has 5 heteroatoms. The van der Waals surface area contributed by atoms with Gasteiger partial charge < -0.3 is 9.84 Å². The first-order valence-corrected chi connectivity index (χ1v) is 7.97. The molecule has 2 atom stereocenters. The molecule has 1 N–H and O–H groups in total. The number of hydrogen-bond donors (Lipinski definition) is 1. The summed E-state index contributed by atoms with van der Waals surface area (Å²) < 4.78 is 17.0. The molecule has 18 heavy (non-hydrogen) atoms. The first-order chi connectivity index (χ1) is 8.36. The molecule has 2 rings (SSSR count). The number of hydrogen-bond acceptors (Lipinski definition) is 3. The molecule has 1 aliphatic heterocycles. The lowest BCUT2D eigenvalue weighted by Gasteiger charge is -2.25. The maximum Gasteiger partial charge on any atom is 0.321 e. The van der Waals surface area contributed by atoms with Crippen molar-refractivity contribution in [1.82, 2.24) is 0 Å². The normalized spacial score (nSPS) is 28.7. The van der Waals surface area contributed by atoms with Crippen LogP contribution in [0.5, 0.6) is 0 Å². The average molecular weight is 274 g/mol. The zero-order chi connectivity index (χ0) is 13.4. The van der Waals surface area contributed by atoms with Crippen LogP contribution < -0.4 is 0 Å². The van der Waals surface area contributed by atoms with Gasteiger partial charge in [-0.3, -0.25) is 9.00 Å². The van der Waals surface area contributed by atoms with Crippen molar-refractivity contribution in [1.29, 1.82) is 0 Å². The van der Waals surface area contributed by atoms with E-state index >= 15 is 0 Å². The summed E-state index contributed by atoms with van der Waals surface area (Å²) in [6.45, 7) is 3.04. The van der Waals surface area contributed by atoms with E-state index in [9.17, 15) is 9.00 Å². The van der Waals surface area contributed by atoms with Gasteiger partial charge in [0.05, 0.1) is 17.5 Å². The fourth-order valence-electron chi connectivity index (χ4n) is 2.87. The van der Waals surface area contributed by atoms with Crippen LogP contribution in [0.15, 0.2) is 0 Å². The second kappa shape index (κ2) is 4.93. The molecular weight excluding hydrogens is 252 g/mol. The van der Waals surface area contributed by atoms with Gasteiger partial charge in [-0.25, -0.2) is 0 Å². The maximum atomic E-state index is 12.1. The minimum Gasteiger partial charge on any atom is -0.480 e. The number of aliphatic carboxylic acids is 1. The van der Waals surface area contributed by atoms with Gasteiger partial charge in [0.25, 0.3) is 0 Å². The third-order valence-electron chi connectivity index (χ3n) is 4.27. The van der Waals surface area contributed by atoms with E-state index < -0.39 is 21.5 Å². The quantitative estimate of drug-likeness (QED) is 0.852. The highest BCUT2D eigenvalue weighted by atomic mass is 32.2. The molecule has 0 bridgehead atoms. The number of carbonyl (C=O) groups is 1. The van der Waals surface area contributed by atoms with Gasteiger partial charge in [0.2, 0.25) is 0 Å². The van der Waals surface area contributed by atoms with Crippen LogP contribution in [-0.4, -0.2) is 37.5 Å². The largest absolute Gasteiger partial charge is 0.480 e. The molecule has 2 aliphatic rings. The summed E-state index contributed by atoms with van der Waals surface area (Å²) in [6, 6.07) is 0. The first-order valence-electron chi connectivity index (χ1n) is 6.65. The highest BCUT2D eigenvalue weighted by Gasteiger charge is 2.44. The standard InChI is InChI=1S/C13H22O4S/c1-12(2,11(14)15)18(16)9-10-5-8-13(17-10)6-3-4-7-13/h10H,3-9H2,1-2H3,(H,14,15). The topological polar surface area (TPSA) is 63.6 Å². The lowest BCUT2D eigenvalue weighted by Crippen LogP contribution is -2.40. The minimum atomic E-state index is -1.39. The van der Waals surface area contributed by atoms with Gasteiger partial charge in [0, 0.05) is 10.8 Å². The summed E-state index contributed by atoms with van der Waals surface area (Å²) in [5.74, 6) is -0.657. The van der Waals surface area contributed by atoms with E-state index in [1.54, 1.807) is 0 Å². The fraction of sp³-hybridized carbons (Fsp3) is 0.923. The third-order valence-corrected chi connectivity index (χ3v) is 6.26. The number of rotatable bonds is 4. The van der Waals surface area contributed by atoms with Crippen molar-refractivity contribution in [3.05, 3.63) is 0 Å². The monoisotopic (exact) mass is 274 g/mol. The van der Waals surface area contributed by atoms with Crippen molar-refractivity contribution in [3.63, 3.8) is 0 Å². The highest BCUT2D eigenvalue weighted by Crippen LogP contribution is 2.43. The molecule has 2 fully saturated rings. The predicted octanol–water partition coefficient (Wildman–Crippen LogP) is 2.09. The highest BCUT2D eigenvalue weighted by molar-refractivity contribution is 7.87. The maximum absolute atomic E-state index is 12.1. The van der Waals surface area contributed by atoms with Crippen LogP contribution in [0.1, 0.15) is 52.4 Å². The van der Waals surface area contributed by atoms with Crippen LogP contribution in [0.25, 0.3) is 0 Å². The van der Waals surface area contributed by atoms with E-state index in [-0.39, 0.29) is 11.7 Å². The van der Waals surface area contributed by atoms with Gasteiger partial charge >= 0.3 is 5.97 Å². The van der Waals surface area contributed by atoms with Gasteiger partial charge in [-0.15, -0.1) is 0 Å². The summed E-state index contributed by atoms with van der Waals surface area (Å²) in [5, 5.41) is 9.06. The Morgan fingerprint density at radius 2 is 2.00 bits per heavy atom. The van der Waals surface area contributed by atoms with Gasteiger partial charge in [0.1, 0.15) is 4.75 Å². The predicted molar refractivity (Wildman–Crippen MR) is 70.0 cm³/mol. The molecule has 2 unspecified atom stereocenters. The second-order valence-corrected chi connectivity index (χ2v) is 8.04. The molecular formula is C13H22O4S. The smallest absolute Gasteiger partial charge is 0.321 e. The van der Waals surface area contributed by atoms with Crippen LogP contribution in [0.4, 0.5) is 0 Å². The molecule has 0 aromatic heterocycles. The van der Waals surface area contributed by atoms with Crippen molar-refractivity contribution in [2.24, 2.45) is 0 Å². The zero-order valence-corrected chi connectivity index (χ0v) is 11.9. The Morgan fingerprint density at radius 1 is 1.39 bits per heavy atom. The van der Waals surface area contributed by atoms with Crippen molar-refractivity contribution in [2.75, 3.05) is 5.75 Å². The molecule has 1 aliphatic carbocycles. The van der Waals surface area contributed by atoms with Crippen LogP contribution in [0.3, 0.4) is 0 Å². The van der Waals surface area contributed by atoms with Crippen LogP contribution >= 0.6 is 0 Å². The summed E-state index contributed by atoms with van der Waals surface area (Å²) >= 11 is 0. The summed E-state index contributed by atoms with van der Waals surface area (Å²) in [7, 11) is -1.39. The summed E-state index contributed by atoms with van der Waals surface area (Å²) in [5.41, 5.74) is 0.0300. The lowest BCUT2D eigenvalue weighted by molar-refractivity contribution is -0.139. The van der Waals surface area contributed by atoms with Crippen LogP contribution in [0.2, 0.25) is 0 Å². The molecule has 1 heterocycles. The van der Waals surface area contributed by atoms with E-state index in [0.29, 0.717) is 5.75 Å². The molecule has 104 valence electrons. The Hall–Kier alpha value is -0.420. The van der Waals surface area contributed by atoms with E-state index in [2.05, 4.69) is 0 Å². The molecule has 1 spiro atoms. The molecule has 0 aromatic carbocycles. The third kappa shape index (κ3) is 2.62. The molecule has 0 amide bonds. The number of ether oxygens (including phenoxy) is 1. The Labute approximate surface area is 111 Å². The second-order valence-electron chi connectivity index (χ2n) is 6.00. The Kier molecular flexibility index (Phi) is 3.83. The molecule has 1 saturated carbocycles. The van der Waals surface area contributed by atoms with Gasteiger partial charge in [0.15, 0.2) is 0 Å². The first kappa shape index (κ1) is 14.0. The van der Waals surface area contributed by atoms with Crippen molar-refractivity contribution < 1.29 is 18.8 Å². The fourth-order valence-corrected chi connectivity index (χ4v) is 4.06. The van der Waals surface area contributed by atoms with E-state index in [4.69, 9.17) is 9.84 Å². The molecule has 1 saturated heterocycles. The van der Waals surface area contributed by atoms with Crippen molar-refractivity contribution >= 4 is 16.8 Å². The van der Waals surface area contributed by atoms with E-state index in [1.165, 1.54) is 26.7 Å². The average Bonchev–Trinajstić information content (AvgIpc) is 2.90. The van der Waals surface area contributed by atoms with Gasteiger partial charge in [-0.2, -0.15) is 0 Å².